The van der Waals surface area contributed by atoms with Gasteiger partial charge in [-0.2, -0.15) is 0 Å². The van der Waals surface area contributed by atoms with E-state index in [1.807, 2.05) is 4.90 Å². The molecule has 2 aliphatic heterocycles. The number of anilines is 1. The standard InChI is InChI=1S/C18H23N3O3S/c22-16(7-10-21-11-12-25-18(21)24)19-15-6-4-5-14(13-15)17(23)20-8-2-1-3-9-20/h4-6,13H,1-3,7-12H2,(H,19,22). The molecule has 134 valence electrons. The zero-order valence-corrected chi connectivity index (χ0v) is 15.0. The Bertz CT molecular complexity index is 659. The second kappa shape index (κ2) is 8.38. The molecule has 2 heterocycles. The van der Waals surface area contributed by atoms with E-state index in [0.29, 0.717) is 24.3 Å². The van der Waals surface area contributed by atoms with E-state index in [1.54, 1.807) is 29.2 Å². The summed E-state index contributed by atoms with van der Waals surface area (Å²) in [5, 5.41) is 2.87. The van der Waals surface area contributed by atoms with Crippen molar-refractivity contribution in [2.24, 2.45) is 0 Å². The second-order valence-electron chi connectivity index (χ2n) is 6.33. The molecule has 7 heteroatoms. The number of nitrogens with zero attached hydrogens (tertiary/aromatic N) is 2. The molecule has 2 saturated heterocycles. The molecule has 3 amide bonds. The van der Waals surface area contributed by atoms with Crippen molar-refractivity contribution < 1.29 is 14.4 Å². The number of hydrogen-bond donors (Lipinski definition) is 1. The van der Waals surface area contributed by atoms with E-state index in [9.17, 15) is 14.4 Å². The van der Waals surface area contributed by atoms with Gasteiger partial charge in [0.05, 0.1) is 0 Å². The molecular weight excluding hydrogens is 338 g/mol. The molecule has 0 aliphatic carbocycles. The van der Waals surface area contributed by atoms with Crippen LogP contribution in [-0.4, -0.2) is 58.8 Å². The number of amides is 3. The van der Waals surface area contributed by atoms with Gasteiger partial charge in [-0.15, -0.1) is 0 Å². The van der Waals surface area contributed by atoms with E-state index in [1.165, 1.54) is 18.2 Å². The molecule has 1 aromatic rings. The lowest BCUT2D eigenvalue weighted by Gasteiger charge is -2.26. The van der Waals surface area contributed by atoms with Gasteiger partial charge in [-0.3, -0.25) is 14.4 Å². The van der Waals surface area contributed by atoms with Crippen molar-refractivity contribution in [1.29, 1.82) is 0 Å². The molecule has 0 unspecified atom stereocenters. The monoisotopic (exact) mass is 361 g/mol. The third-order valence-electron chi connectivity index (χ3n) is 4.49. The van der Waals surface area contributed by atoms with E-state index in [4.69, 9.17) is 0 Å². The van der Waals surface area contributed by atoms with Gasteiger partial charge in [-0.25, -0.2) is 0 Å². The van der Waals surface area contributed by atoms with Gasteiger partial charge < -0.3 is 15.1 Å². The Morgan fingerprint density at radius 3 is 2.64 bits per heavy atom. The SMILES string of the molecule is O=C(CCN1CCSC1=O)Nc1cccc(C(=O)N2CCCCC2)c1. The molecular formula is C18H23N3O3S. The van der Waals surface area contributed by atoms with Crippen molar-refractivity contribution in [3.05, 3.63) is 29.8 Å². The summed E-state index contributed by atoms with van der Waals surface area (Å²) in [6.07, 6.45) is 3.54. The normalized spacial score (nSPS) is 17.7. The molecule has 6 nitrogen and oxygen atoms in total. The summed E-state index contributed by atoms with van der Waals surface area (Å²) < 4.78 is 0. The van der Waals surface area contributed by atoms with Crippen LogP contribution in [0.2, 0.25) is 0 Å². The average Bonchev–Trinajstić information content (AvgIpc) is 3.05. The minimum absolute atomic E-state index is 0.0236. The van der Waals surface area contributed by atoms with Crippen LogP contribution in [0.1, 0.15) is 36.0 Å². The Hall–Kier alpha value is -2.02. The number of piperidine rings is 1. The minimum atomic E-state index is -0.146. The summed E-state index contributed by atoms with van der Waals surface area (Å²) >= 11 is 1.29. The van der Waals surface area contributed by atoms with Crippen molar-refractivity contribution in [1.82, 2.24) is 9.80 Å². The maximum absolute atomic E-state index is 12.5. The van der Waals surface area contributed by atoms with Gasteiger partial charge in [0.1, 0.15) is 0 Å². The number of likely N-dealkylation sites (tertiary alicyclic amines) is 1. The minimum Gasteiger partial charge on any atom is -0.339 e. The fourth-order valence-corrected chi connectivity index (χ4v) is 3.95. The zero-order valence-electron chi connectivity index (χ0n) is 14.2. The maximum atomic E-state index is 12.5. The smallest absolute Gasteiger partial charge is 0.281 e. The second-order valence-corrected chi connectivity index (χ2v) is 7.38. The largest absolute Gasteiger partial charge is 0.339 e. The fourth-order valence-electron chi connectivity index (χ4n) is 3.10. The number of nitrogens with one attached hydrogen (secondary N) is 1. The Morgan fingerprint density at radius 2 is 1.92 bits per heavy atom. The predicted octanol–water partition coefficient (Wildman–Crippen LogP) is 2.81. The molecule has 0 spiro atoms. The average molecular weight is 361 g/mol. The van der Waals surface area contributed by atoms with E-state index in [2.05, 4.69) is 5.32 Å². The highest BCUT2D eigenvalue weighted by Crippen LogP contribution is 2.18. The topological polar surface area (TPSA) is 69.7 Å². The molecule has 0 atom stereocenters. The first kappa shape index (κ1) is 17.8. The first-order chi connectivity index (χ1) is 12.1. The van der Waals surface area contributed by atoms with Crippen LogP contribution in [0.5, 0.6) is 0 Å². The lowest BCUT2D eigenvalue weighted by molar-refractivity contribution is -0.116. The van der Waals surface area contributed by atoms with Crippen LogP contribution < -0.4 is 5.32 Å². The number of thioether (sulfide) groups is 1. The van der Waals surface area contributed by atoms with Crippen LogP contribution >= 0.6 is 11.8 Å². The lowest BCUT2D eigenvalue weighted by atomic mass is 10.1. The summed E-state index contributed by atoms with van der Waals surface area (Å²) in [5.74, 6) is 0.670. The van der Waals surface area contributed by atoms with Crippen LogP contribution in [0.15, 0.2) is 24.3 Å². The van der Waals surface area contributed by atoms with Crippen LogP contribution in [0.4, 0.5) is 10.5 Å². The first-order valence-electron chi connectivity index (χ1n) is 8.74. The van der Waals surface area contributed by atoms with Gasteiger partial charge in [0, 0.05) is 49.6 Å². The van der Waals surface area contributed by atoms with Crippen molar-refractivity contribution in [2.45, 2.75) is 25.7 Å². The zero-order chi connectivity index (χ0) is 17.6. The van der Waals surface area contributed by atoms with Crippen molar-refractivity contribution >= 4 is 34.5 Å². The molecule has 1 N–H and O–H groups in total. The molecule has 0 aromatic heterocycles. The molecule has 0 bridgehead atoms. The van der Waals surface area contributed by atoms with Crippen molar-refractivity contribution in [3.8, 4) is 0 Å². The summed E-state index contributed by atoms with van der Waals surface area (Å²) in [6, 6.07) is 7.08. The predicted molar refractivity (Wildman–Crippen MR) is 98.9 cm³/mol. The Balaban J connectivity index is 1.54. The highest BCUT2D eigenvalue weighted by Gasteiger charge is 2.22. The van der Waals surface area contributed by atoms with Crippen LogP contribution in [-0.2, 0) is 4.79 Å². The summed E-state index contributed by atoms with van der Waals surface area (Å²) in [6.45, 7) is 2.75. The van der Waals surface area contributed by atoms with Gasteiger partial charge in [0.25, 0.3) is 11.1 Å². The van der Waals surface area contributed by atoms with Gasteiger partial charge in [-0.1, -0.05) is 17.8 Å². The molecule has 0 saturated carbocycles. The van der Waals surface area contributed by atoms with Crippen molar-refractivity contribution in [2.75, 3.05) is 37.2 Å². The first-order valence-corrected chi connectivity index (χ1v) is 9.73. The molecule has 2 fully saturated rings. The van der Waals surface area contributed by atoms with Gasteiger partial charge in [-0.05, 0) is 37.5 Å². The summed E-state index contributed by atoms with van der Waals surface area (Å²) in [7, 11) is 0. The van der Waals surface area contributed by atoms with Gasteiger partial charge in [0.15, 0.2) is 0 Å². The number of carbonyl (C=O) groups is 3. The van der Waals surface area contributed by atoms with E-state index in [0.717, 1.165) is 31.7 Å². The highest BCUT2D eigenvalue weighted by atomic mass is 32.2. The number of hydrogen-bond acceptors (Lipinski definition) is 4. The molecule has 25 heavy (non-hydrogen) atoms. The van der Waals surface area contributed by atoms with Gasteiger partial charge >= 0.3 is 0 Å². The van der Waals surface area contributed by atoms with E-state index in [-0.39, 0.29) is 23.5 Å². The summed E-state index contributed by atoms with van der Waals surface area (Å²) in [5.41, 5.74) is 1.22. The van der Waals surface area contributed by atoms with E-state index < -0.39 is 0 Å². The summed E-state index contributed by atoms with van der Waals surface area (Å²) in [4.78, 5) is 39.7. The highest BCUT2D eigenvalue weighted by molar-refractivity contribution is 8.13. The molecule has 3 rings (SSSR count). The molecule has 2 aliphatic rings. The van der Waals surface area contributed by atoms with E-state index >= 15 is 0 Å². The number of carbonyl (C=O) groups excluding carboxylic acids is 3. The van der Waals surface area contributed by atoms with Crippen LogP contribution in [0, 0.1) is 0 Å². The fraction of sp³-hybridized carbons (Fsp3) is 0.500. The van der Waals surface area contributed by atoms with Crippen LogP contribution in [0.25, 0.3) is 0 Å². The Labute approximate surface area is 151 Å². The molecule has 1 aromatic carbocycles. The lowest BCUT2D eigenvalue weighted by Crippen LogP contribution is -2.35. The Kier molecular flexibility index (Phi) is 5.96. The Morgan fingerprint density at radius 1 is 1.12 bits per heavy atom. The van der Waals surface area contributed by atoms with Gasteiger partial charge in [0.2, 0.25) is 5.91 Å². The number of rotatable bonds is 5. The van der Waals surface area contributed by atoms with Crippen molar-refractivity contribution in [3.63, 3.8) is 0 Å². The third kappa shape index (κ3) is 4.75. The molecule has 0 radical (unpaired) electrons. The number of benzene rings is 1. The van der Waals surface area contributed by atoms with Crippen LogP contribution in [0.3, 0.4) is 0 Å². The third-order valence-corrected chi connectivity index (χ3v) is 5.38. The quantitative estimate of drug-likeness (QED) is 0.875. The maximum Gasteiger partial charge on any atom is 0.281 e.